The molecule has 0 amide bonds. The topological polar surface area (TPSA) is 224 Å². The zero-order valence-electron chi connectivity index (χ0n) is 11.9. The Hall–Kier alpha value is 0.250. The smallest absolute Gasteiger partial charge is 0.395 e. The van der Waals surface area contributed by atoms with Crippen molar-refractivity contribution in [3.63, 3.8) is 0 Å². The van der Waals surface area contributed by atoms with Crippen LogP contribution in [0.15, 0.2) is 0 Å². The van der Waals surface area contributed by atoms with Crippen molar-refractivity contribution in [1.82, 2.24) is 4.90 Å². The van der Waals surface area contributed by atoms with Gasteiger partial charge in [0.25, 0.3) is 0 Å². The summed E-state index contributed by atoms with van der Waals surface area (Å²) in [5.74, 6) is 0. The molecule has 1 heterocycles. The standard InChI is InChI=1S/C7H18NO13P3/c9-2-1-8-3-5(19-22(10,11)12)7(21-24(16,17)18)6(4-8)20-23(13,14)15/h5-7,9H,1-4H2,(H2,10,11,12)(H2,13,14,15)(H2,16,17,18)/t5-,6-/m1/s1. The number of phosphoric acid groups is 3. The van der Waals surface area contributed by atoms with Crippen LogP contribution in [0.2, 0.25) is 0 Å². The maximum Gasteiger partial charge on any atom is 0.470 e. The molecular formula is C7H18NO13P3. The number of nitrogens with zero attached hydrogens (tertiary/aromatic N) is 1. The summed E-state index contributed by atoms with van der Waals surface area (Å²) in [5.41, 5.74) is 0. The maximum absolute atomic E-state index is 11.0. The van der Waals surface area contributed by atoms with Gasteiger partial charge in [0.15, 0.2) is 0 Å². The fourth-order valence-corrected chi connectivity index (χ4v) is 3.86. The van der Waals surface area contributed by atoms with Gasteiger partial charge in [0, 0.05) is 19.6 Å². The number of rotatable bonds is 8. The highest BCUT2D eigenvalue weighted by molar-refractivity contribution is 7.47. The number of hydrogen-bond acceptors (Lipinski definition) is 8. The van der Waals surface area contributed by atoms with Crippen molar-refractivity contribution in [3.05, 3.63) is 0 Å². The van der Waals surface area contributed by atoms with Gasteiger partial charge >= 0.3 is 23.5 Å². The number of β-amino-alcohol motifs (C(OH)–C–C–N with tert-alkyl or cyclic N) is 1. The normalized spacial score (nSPS) is 25.1. The van der Waals surface area contributed by atoms with E-state index in [1.54, 1.807) is 0 Å². The molecule has 14 nitrogen and oxygen atoms in total. The zero-order valence-corrected chi connectivity index (χ0v) is 14.6. The van der Waals surface area contributed by atoms with E-state index in [1.165, 1.54) is 4.90 Å². The minimum atomic E-state index is -5.21. The predicted octanol–water partition coefficient (Wildman–Crippen LogP) is -2.27. The van der Waals surface area contributed by atoms with Crippen LogP contribution < -0.4 is 0 Å². The van der Waals surface area contributed by atoms with Crippen LogP contribution in [-0.4, -0.2) is 83.9 Å². The molecule has 7 N–H and O–H groups in total. The molecule has 0 aromatic rings. The van der Waals surface area contributed by atoms with E-state index >= 15 is 0 Å². The summed E-state index contributed by atoms with van der Waals surface area (Å²) >= 11 is 0. The Morgan fingerprint density at radius 2 is 1.17 bits per heavy atom. The summed E-state index contributed by atoms with van der Waals surface area (Å²) in [4.78, 5) is 54.7. The SMILES string of the molecule is O=P(O)(O)OC1[C@H](OP(=O)(O)O)CN(CCO)C[C@H]1OP(=O)(O)O. The average Bonchev–Trinajstić information content (AvgIpc) is 2.28. The molecule has 0 aromatic carbocycles. The second-order valence-corrected chi connectivity index (χ2v) is 8.39. The average molecular weight is 417 g/mol. The number of hydrogen-bond donors (Lipinski definition) is 7. The summed E-state index contributed by atoms with van der Waals surface area (Å²) in [6.45, 7) is -1.19. The van der Waals surface area contributed by atoms with Crippen molar-refractivity contribution < 1.29 is 61.7 Å². The maximum atomic E-state index is 11.0. The third-order valence-electron chi connectivity index (χ3n) is 2.83. The lowest BCUT2D eigenvalue weighted by molar-refractivity contribution is -0.100. The molecule has 24 heavy (non-hydrogen) atoms. The molecule has 0 unspecified atom stereocenters. The van der Waals surface area contributed by atoms with Crippen molar-refractivity contribution in [2.24, 2.45) is 0 Å². The Bertz CT molecular complexity index is 518. The Labute approximate surface area is 135 Å². The fourth-order valence-electron chi connectivity index (χ4n) is 2.19. The van der Waals surface area contributed by atoms with E-state index in [0.717, 1.165) is 0 Å². The van der Waals surface area contributed by atoms with Crippen molar-refractivity contribution in [1.29, 1.82) is 0 Å². The fraction of sp³-hybridized carbons (Fsp3) is 1.00. The van der Waals surface area contributed by atoms with Gasteiger partial charge < -0.3 is 34.5 Å². The van der Waals surface area contributed by atoms with Gasteiger partial charge in [-0.25, -0.2) is 13.7 Å². The van der Waals surface area contributed by atoms with Crippen LogP contribution in [0.5, 0.6) is 0 Å². The van der Waals surface area contributed by atoms with E-state index in [9.17, 15) is 13.7 Å². The number of phosphoric ester groups is 3. The molecule has 0 spiro atoms. The lowest BCUT2D eigenvalue weighted by Gasteiger charge is -2.42. The first-order valence-electron chi connectivity index (χ1n) is 6.25. The van der Waals surface area contributed by atoms with E-state index in [2.05, 4.69) is 13.6 Å². The lowest BCUT2D eigenvalue weighted by Crippen LogP contribution is -2.57. The van der Waals surface area contributed by atoms with Crippen LogP contribution in [0.25, 0.3) is 0 Å². The second-order valence-electron chi connectivity index (χ2n) is 4.81. The number of piperidine rings is 1. The van der Waals surface area contributed by atoms with Gasteiger partial charge in [-0.3, -0.25) is 18.5 Å². The molecule has 0 radical (unpaired) electrons. The summed E-state index contributed by atoms with van der Waals surface area (Å²) in [6.07, 6.45) is -5.29. The van der Waals surface area contributed by atoms with Gasteiger partial charge in [0.05, 0.1) is 6.61 Å². The van der Waals surface area contributed by atoms with Gasteiger partial charge in [-0.15, -0.1) is 0 Å². The first kappa shape index (κ1) is 22.3. The van der Waals surface area contributed by atoms with Crippen molar-refractivity contribution in [2.45, 2.75) is 18.3 Å². The lowest BCUT2D eigenvalue weighted by atomic mass is 10.0. The molecule has 1 saturated heterocycles. The Balaban J connectivity index is 3.13. The third-order valence-corrected chi connectivity index (χ3v) is 4.44. The molecule has 0 bridgehead atoms. The van der Waals surface area contributed by atoms with Gasteiger partial charge in [-0.05, 0) is 0 Å². The second kappa shape index (κ2) is 8.30. The highest BCUT2D eigenvalue weighted by Crippen LogP contribution is 2.48. The Morgan fingerprint density at radius 3 is 1.46 bits per heavy atom. The number of aliphatic hydroxyl groups excluding tert-OH is 1. The minimum absolute atomic E-state index is 0.0787. The van der Waals surface area contributed by atoms with Crippen LogP contribution in [0.4, 0.5) is 0 Å². The molecule has 1 aliphatic rings. The van der Waals surface area contributed by atoms with E-state index < -0.39 is 48.4 Å². The minimum Gasteiger partial charge on any atom is -0.395 e. The molecule has 17 heteroatoms. The van der Waals surface area contributed by atoms with Crippen molar-refractivity contribution in [3.8, 4) is 0 Å². The van der Waals surface area contributed by atoms with Crippen LogP contribution in [0.1, 0.15) is 0 Å². The predicted molar refractivity (Wildman–Crippen MR) is 74.3 cm³/mol. The van der Waals surface area contributed by atoms with E-state index in [0.29, 0.717) is 0 Å². The highest BCUT2D eigenvalue weighted by Gasteiger charge is 2.47. The van der Waals surface area contributed by atoms with E-state index in [4.69, 9.17) is 34.5 Å². The van der Waals surface area contributed by atoms with Gasteiger partial charge in [-0.1, -0.05) is 0 Å². The van der Waals surface area contributed by atoms with Crippen molar-refractivity contribution in [2.75, 3.05) is 26.2 Å². The Morgan fingerprint density at radius 1 is 0.792 bits per heavy atom. The largest absolute Gasteiger partial charge is 0.470 e. The van der Waals surface area contributed by atoms with Crippen LogP contribution >= 0.6 is 23.5 Å². The van der Waals surface area contributed by atoms with Gasteiger partial charge in [-0.2, -0.15) is 0 Å². The molecule has 2 atom stereocenters. The molecule has 1 aliphatic heterocycles. The molecule has 0 aliphatic carbocycles. The third kappa shape index (κ3) is 8.56. The Kier molecular flexibility index (Phi) is 7.70. The van der Waals surface area contributed by atoms with E-state index in [-0.39, 0.29) is 19.6 Å². The molecule has 0 saturated carbocycles. The molecule has 144 valence electrons. The first-order chi connectivity index (χ1) is 10.7. The molecular weight excluding hydrogens is 399 g/mol. The van der Waals surface area contributed by atoms with Crippen molar-refractivity contribution >= 4 is 23.5 Å². The van der Waals surface area contributed by atoms with Crippen LogP contribution in [0.3, 0.4) is 0 Å². The van der Waals surface area contributed by atoms with E-state index in [1.807, 2.05) is 0 Å². The zero-order chi connectivity index (χ0) is 18.8. The number of aliphatic hydroxyl groups is 1. The summed E-state index contributed by atoms with van der Waals surface area (Å²) in [6, 6.07) is 0. The monoisotopic (exact) mass is 417 g/mol. The first-order valence-corrected chi connectivity index (χ1v) is 10.8. The van der Waals surface area contributed by atoms with Crippen LogP contribution in [0, 0.1) is 0 Å². The van der Waals surface area contributed by atoms with Gasteiger partial charge in [0.1, 0.15) is 18.3 Å². The molecule has 1 fully saturated rings. The summed E-state index contributed by atoms with van der Waals surface area (Å²) in [7, 11) is -15.5. The number of likely N-dealkylation sites (tertiary alicyclic amines) is 1. The molecule has 0 aromatic heterocycles. The molecule has 1 rings (SSSR count). The van der Waals surface area contributed by atoms with Gasteiger partial charge in [0.2, 0.25) is 0 Å². The van der Waals surface area contributed by atoms with Crippen LogP contribution in [-0.2, 0) is 27.3 Å². The summed E-state index contributed by atoms with van der Waals surface area (Å²) in [5, 5.41) is 8.92. The summed E-state index contributed by atoms with van der Waals surface area (Å²) < 4.78 is 46.3. The highest BCUT2D eigenvalue weighted by atomic mass is 31.2. The quantitative estimate of drug-likeness (QED) is 0.207.